The number of carboxylic acid groups (broad SMARTS) is 1. The van der Waals surface area contributed by atoms with E-state index in [0.29, 0.717) is 23.1 Å². The van der Waals surface area contributed by atoms with Gasteiger partial charge in [-0.25, -0.2) is 0 Å². The summed E-state index contributed by atoms with van der Waals surface area (Å²) in [6.07, 6.45) is 0.104. The second-order valence-electron chi connectivity index (χ2n) is 3.70. The van der Waals surface area contributed by atoms with Gasteiger partial charge in [0.1, 0.15) is 0 Å². The van der Waals surface area contributed by atoms with Crippen molar-refractivity contribution in [3.05, 3.63) is 33.8 Å². The molecule has 1 aromatic carbocycles. The molecule has 1 saturated heterocycles. The Bertz CT molecular complexity index is 420. The molecule has 1 aliphatic heterocycles. The summed E-state index contributed by atoms with van der Waals surface area (Å²) in [6.45, 7) is 0.460. The summed E-state index contributed by atoms with van der Waals surface area (Å²) >= 11 is 11.7. The minimum absolute atomic E-state index is 0.416. The minimum atomic E-state index is -0.839. The Morgan fingerprint density at radius 3 is 2.75 bits per heavy atom. The van der Waals surface area contributed by atoms with Gasteiger partial charge in [-0.3, -0.25) is 4.79 Å². The first-order valence-electron chi connectivity index (χ1n) is 4.89. The van der Waals surface area contributed by atoms with Gasteiger partial charge in [0, 0.05) is 6.61 Å². The highest BCUT2D eigenvalue weighted by Gasteiger charge is 2.35. The van der Waals surface area contributed by atoms with Gasteiger partial charge in [-0.15, -0.1) is 0 Å². The van der Waals surface area contributed by atoms with Gasteiger partial charge in [0.05, 0.1) is 22.1 Å². The van der Waals surface area contributed by atoms with Crippen LogP contribution in [0.4, 0.5) is 0 Å². The van der Waals surface area contributed by atoms with E-state index in [9.17, 15) is 4.79 Å². The molecule has 16 heavy (non-hydrogen) atoms. The smallest absolute Gasteiger partial charge is 0.309 e. The fourth-order valence-corrected chi connectivity index (χ4v) is 2.17. The molecule has 1 aromatic rings. The molecule has 0 radical (unpaired) electrons. The van der Waals surface area contributed by atoms with Gasteiger partial charge >= 0.3 is 5.97 Å². The Labute approximate surface area is 103 Å². The van der Waals surface area contributed by atoms with Crippen molar-refractivity contribution in [3.8, 4) is 0 Å². The van der Waals surface area contributed by atoms with Crippen LogP contribution in [0, 0.1) is 5.92 Å². The van der Waals surface area contributed by atoms with E-state index in [0.717, 1.165) is 5.56 Å². The molecule has 0 spiro atoms. The zero-order valence-corrected chi connectivity index (χ0v) is 9.83. The number of aliphatic carboxylic acids is 1. The predicted molar refractivity (Wildman–Crippen MR) is 60.9 cm³/mol. The Kier molecular flexibility index (Phi) is 3.38. The summed E-state index contributed by atoms with van der Waals surface area (Å²) in [5.74, 6) is -1.34. The first-order valence-corrected chi connectivity index (χ1v) is 5.64. The molecule has 2 unspecified atom stereocenters. The van der Waals surface area contributed by atoms with Gasteiger partial charge in [-0.2, -0.15) is 0 Å². The van der Waals surface area contributed by atoms with Crippen LogP contribution in [0.2, 0.25) is 10.0 Å². The molecule has 5 heteroatoms. The molecule has 1 aliphatic rings. The van der Waals surface area contributed by atoms with E-state index in [1.807, 2.05) is 0 Å². The average Bonchev–Trinajstić information content (AvgIpc) is 2.71. The molecule has 0 saturated carbocycles. The Balaban J connectivity index is 2.29. The van der Waals surface area contributed by atoms with Crippen LogP contribution >= 0.6 is 23.2 Å². The molecule has 86 valence electrons. The third-order valence-corrected chi connectivity index (χ3v) is 3.42. The van der Waals surface area contributed by atoms with Gasteiger partial charge in [-0.1, -0.05) is 29.3 Å². The number of ether oxygens (including phenoxy) is 1. The zero-order chi connectivity index (χ0) is 11.7. The number of carboxylic acids is 1. The van der Waals surface area contributed by atoms with Crippen LogP contribution in [0.5, 0.6) is 0 Å². The topological polar surface area (TPSA) is 46.5 Å². The normalized spacial score (nSPS) is 24.6. The first kappa shape index (κ1) is 11.7. The second kappa shape index (κ2) is 4.62. The van der Waals surface area contributed by atoms with E-state index >= 15 is 0 Å². The van der Waals surface area contributed by atoms with Crippen molar-refractivity contribution in [2.75, 3.05) is 6.61 Å². The van der Waals surface area contributed by atoms with Crippen molar-refractivity contribution in [1.29, 1.82) is 0 Å². The first-order chi connectivity index (χ1) is 7.59. The van der Waals surface area contributed by atoms with E-state index < -0.39 is 18.0 Å². The van der Waals surface area contributed by atoms with Gasteiger partial charge in [0.15, 0.2) is 0 Å². The molecule has 2 atom stereocenters. The molecular formula is C11H10Cl2O3. The van der Waals surface area contributed by atoms with Crippen LogP contribution in [0.25, 0.3) is 0 Å². The molecule has 1 heterocycles. The lowest BCUT2D eigenvalue weighted by molar-refractivity contribution is -0.143. The quantitative estimate of drug-likeness (QED) is 0.889. The second-order valence-corrected chi connectivity index (χ2v) is 4.51. The van der Waals surface area contributed by atoms with Crippen molar-refractivity contribution in [2.24, 2.45) is 5.92 Å². The van der Waals surface area contributed by atoms with Crippen molar-refractivity contribution >= 4 is 29.2 Å². The van der Waals surface area contributed by atoms with Crippen LogP contribution in [0.3, 0.4) is 0 Å². The van der Waals surface area contributed by atoms with Crippen molar-refractivity contribution in [1.82, 2.24) is 0 Å². The fourth-order valence-electron chi connectivity index (χ4n) is 1.86. The third-order valence-electron chi connectivity index (χ3n) is 2.68. The summed E-state index contributed by atoms with van der Waals surface area (Å²) in [7, 11) is 0. The van der Waals surface area contributed by atoms with Crippen LogP contribution in [-0.2, 0) is 9.53 Å². The molecule has 0 aliphatic carbocycles. The van der Waals surface area contributed by atoms with E-state index in [2.05, 4.69) is 0 Å². The number of hydrogen-bond donors (Lipinski definition) is 1. The predicted octanol–water partition coefficient (Wildman–Crippen LogP) is 3.16. The number of hydrogen-bond acceptors (Lipinski definition) is 2. The number of benzene rings is 1. The lowest BCUT2D eigenvalue weighted by Crippen LogP contribution is -2.17. The lowest BCUT2D eigenvalue weighted by atomic mass is 9.96. The van der Waals surface area contributed by atoms with Crippen LogP contribution in [0.1, 0.15) is 18.1 Å². The third kappa shape index (κ3) is 2.17. The standard InChI is InChI=1S/C11H10Cl2O3/c12-8-2-1-6(5-9(8)13)10-7(11(14)15)3-4-16-10/h1-2,5,7,10H,3-4H2,(H,14,15). The van der Waals surface area contributed by atoms with Crippen molar-refractivity contribution in [2.45, 2.75) is 12.5 Å². The maximum Gasteiger partial charge on any atom is 0.309 e. The lowest BCUT2D eigenvalue weighted by Gasteiger charge is -2.15. The number of carbonyl (C=O) groups is 1. The Hall–Kier alpha value is -0.770. The summed E-state index contributed by atoms with van der Waals surface area (Å²) in [6, 6.07) is 5.07. The summed E-state index contributed by atoms with van der Waals surface area (Å²) in [5.41, 5.74) is 0.763. The highest BCUT2D eigenvalue weighted by atomic mass is 35.5. The highest BCUT2D eigenvalue weighted by Crippen LogP contribution is 2.36. The van der Waals surface area contributed by atoms with Gasteiger partial charge in [-0.05, 0) is 24.1 Å². The van der Waals surface area contributed by atoms with Crippen molar-refractivity contribution in [3.63, 3.8) is 0 Å². The summed E-state index contributed by atoms with van der Waals surface area (Å²) < 4.78 is 5.43. The maximum absolute atomic E-state index is 11.0. The monoisotopic (exact) mass is 260 g/mol. The SMILES string of the molecule is O=C(O)C1CCOC1c1ccc(Cl)c(Cl)c1. The molecule has 1 N–H and O–H groups in total. The zero-order valence-electron chi connectivity index (χ0n) is 8.32. The highest BCUT2D eigenvalue weighted by molar-refractivity contribution is 6.42. The van der Waals surface area contributed by atoms with Crippen LogP contribution < -0.4 is 0 Å². The molecule has 1 fully saturated rings. The Morgan fingerprint density at radius 2 is 2.12 bits per heavy atom. The van der Waals surface area contributed by atoms with Gasteiger partial charge < -0.3 is 9.84 Å². The average molecular weight is 261 g/mol. The van der Waals surface area contributed by atoms with E-state index in [1.165, 1.54) is 0 Å². The molecule has 2 rings (SSSR count). The van der Waals surface area contributed by atoms with Crippen LogP contribution in [0.15, 0.2) is 18.2 Å². The molecule has 3 nitrogen and oxygen atoms in total. The number of rotatable bonds is 2. The van der Waals surface area contributed by atoms with Gasteiger partial charge in [0.2, 0.25) is 0 Å². The molecule has 0 amide bonds. The van der Waals surface area contributed by atoms with Crippen LogP contribution in [-0.4, -0.2) is 17.7 Å². The minimum Gasteiger partial charge on any atom is -0.481 e. The Morgan fingerprint density at radius 1 is 1.38 bits per heavy atom. The number of halogens is 2. The van der Waals surface area contributed by atoms with Gasteiger partial charge in [0.25, 0.3) is 0 Å². The van der Waals surface area contributed by atoms with Crippen molar-refractivity contribution < 1.29 is 14.6 Å². The molecular weight excluding hydrogens is 251 g/mol. The summed E-state index contributed by atoms with van der Waals surface area (Å²) in [4.78, 5) is 11.0. The largest absolute Gasteiger partial charge is 0.481 e. The van der Waals surface area contributed by atoms with E-state index in [-0.39, 0.29) is 0 Å². The molecule has 0 bridgehead atoms. The molecule has 0 aromatic heterocycles. The van der Waals surface area contributed by atoms with E-state index in [1.54, 1.807) is 18.2 Å². The maximum atomic E-state index is 11.0. The fraction of sp³-hybridized carbons (Fsp3) is 0.364. The van der Waals surface area contributed by atoms with E-state index in [4.69, 9.17) is 33.0 Å². The summed E-state index contributed by atoms with van der Waals surface area (Å²) in [5, 5.41) is 9.90.